The number of nitrogens with zero attached hydrogens (tertiary/aromatic N) is 2. The van der Waals surface area contributed by atoms with Crippen molar-refractivity contribution in [2.45, 2.75) is 30.5 Å². The van der Waals surface area contributed by atoms with Gasteiger partial charge in [0.05, 0.1) is 0 Å². The number of nitrogens with one attached hydrogen (secondary N) is 1. The van der Waals surface area contributed by atoms with Crippen LogP contribution in [0.3, 0.4) is 0 Å². The molecule has 2 unspecified atom stereocenters. The first-order valence-electron chi connectivity index (χ1n) is 6.09. The molecule has 1 amide bonds. The number of rotatable bonds is 3. The summed E-state index contributed by atoms with van der Waals surface area (Å²) in [5.74, 6) is 0.524. The summed E-state index contributed by atoms with van der Waals surface area (Å²) in [5.41, 5.74) is 0.618. The third kappa shape index (κ3) is 3.09. The number of hydrogen-bond donors (Lipinski definition) is 1. The van der Waals surface area contributed by atoms with Crippen LogP contribution in [0.15, 0.2) is 12.3 Å². The van der Waals surface area contributed by atoms with E-state index in [-0.39, 0.29) is 5.91 Å². The topological polar surface area (TPSA) is 46.9 Å². The molecule has 4 nitrogen and oxygen atoms in total. The molecule has 0 spiro atoms. The molecule has 1 aromatic heterocycles. The summed E-state index contributed by atoms with van der Waals surface area (Å²) in [6, 6.07) is 1.74. The zero-order chi connectivity index (χ0) is 12.3. The molecule has 1 aromatic rings. The molecule has 94 valence electrons. The smallest absolute Gasteiger partial charge is 0.269 e. The lowest BCUT2D eigenvalue weighted by Gasteiger charge is -2.27. The first-order valence-corrected chi connectivity index (χ1v) is 7.00. The van der Waals surface area contributed by atoms with Crippen LogP contribution in [0.4, 0.5) is 0 Å². The molecule has 0 radical (unpaired) electrons. The normalized spacial score (nSPS) is 24.6. The maximum absolute atomic E-state index is 11.9. The number of carbonyl (C=O) groups excluding carboxylic acids is 1. The lowest BCUT2D eigenvalue weighted by atomic mass is 9.89. The van der Waals surface area contributed by atoms with Crippen molar-refractivity contribution in [3.8, 4) is 0 Å². The van der Waals surface area contributed by atoms with Gasteiger partial charge in [0.15, 0.2) is 0 Å². The van der Waals surface area contributed by atoms with Gasteiger partial charge in [0.2, 0.25) is 0 Å². The lowest BCUT2D eigenvalue weighted by Crippen LogP contribution is -2.35. The molecular formula is C12H18BrN3O. The fourth-order valence-electron chi connectivity index (χ4n) is 2.30. The van der Waals surface area contributed by atoms with Crippen molar-refractivity contribution in [2.24, 2.45) is 13.0 Å². The van der Waals surface area contributed by atoms with Gasteiger partial charge in [-0.1, -0.05) is 28.8 Å². The molecule has 0 bridgehead atoms. The van der Waals surface area contributed by atoms with Crippen molar-refractivity contribution in [2.75, 3.05) is 6.54 Å². The Labute approximate surface area is 110 Å². The minimum atomic E-state index is -0.0322. The van der Waals surface area contributed by atoms with E-state index in [1.165, 1.54) is 25.7 Å². The van der Waals surface area contributed by atoms with E-state index in [2.05, 4.69) is 26.3 Å². The van der Waals surface area contributed by atoms with Gasteiger partial charge >= 0.3 is 0 Å². The molecule has 0 aromatic carbocycles. The van der Waals surface area contributed by atoms with Crippen LogP contribution in [0, 0.1) is 5.92 Å². The van der Waals surface area contributed by atoms with Crippen LogP contribution in [-0.2, 0) is 7.05 Å². The summed E-state index contributed by atoms with van der Waals surface area (Å²) < 4.78 is 1.60. The highest BCUT2D eigenvalue weighted by Gasteiger charge is 2.23. The van der Waals surface area contributed by atoms with Crippen molar-refractivity contribution in [3.63, 3.8) is 0 Å². The van der Waals surface area contributed by atoms with E-state index < -0.39 is 0 Å². The van der Waals surface area contributed by atoms with E-state index >= 15 is 0 Å². The number of amides is 1. The quantitative estimate of drug-likeness (QED) is 0.869. The van der Waals surface area contributed by atoms with Gasteiger partial charge in [-0.15, -0.1) is 0 Å². The summed E-state index contributed by atoms with van der Waals surface area (Å²) in [4.78, 5) is 12.4. The van der Waals surface area contributed by atoms with Crippen molar-refractivity contribution >= 4 is 21.8 Å². The Kier molecular flexibility index (Phi) is 4.20. The van der Waals surface area contributed by atoms with Gasteiger partial charge in [-0.05, 0) is 24.8 Å². The van der Waals surface area contributed by atoms with Gasteiger partial charge in [-0.2, -0.15) is 5.10 Å². The van der Waals surface area contributed by atoms with Crippen LogP contribution in [0.1, 0.15) is 36.2 Å². The molecule has 0 saturated heterocycles. The fourth-order valence-corrected chi connectivity index (χ4v) is 3.08. The molecule has 1 heterocycles. The van der Waals surface area contributed by atoms with Crippen molar-refractivity contribution in [1.29, 1.82) is 0 Å². The van der Waals surface area contributed by atoms with Gasteiger partial charge in [0.1, 0.15) is 5.69 Å². The van der Waals surface area contributed by atoms with E-state index in [0.717, 1.165) is 6.54 Å². The molecule has 1 saturated carbocycles. The highest BCUT2D eigenvalue weighted by atomic mass is 79.9. The number of hydrogen-bond acceptors (Lipinski definition) is 2. The van der Waals surface area contributed by atoms with Gasteiger partial charge in [0.25, 0.3) is 5.91 Å². The third-order valence-electron chi connectivity index (χ3n) is 3.39. The maximum Gasteiger partial charge on any atom is 0.269 e. The van der Waals surface area contributed by atoms with Crippen LogP contribution < -0.4 is 5.32 Å². The highest BCUT2D eigenvalue weighted by Crippen LogP contribution is 2.29. The summed E-state index contributed by atoms with van der Waals surface area (Å²) in [6.45, 7) is 0.750. The molecule has 2 rings (SSSR count). The lowest BCUT2D eigenvalue weighted by molar-refractivity contribution is 0.0935. The second-order valence-electron chi connectivity index (χ2n) is 4.61. The van der Waals surface area contributed by atoms with Crippen LogP contribution in [0.2, 0.25) is 0 Å². The second kappa shape index (κ2) is 5.67. The number of carbonyl (C=O) groups is 1. The van der Waals surface area contributed by atoms with Crippen LogP contribution in [0.25, 0.3) is 0 Å². The Hall–Kier alpha value is -0.840. The molecule has 5 heteroatoms. The first-order chi connectivity index (χ1) is 8.18. The Balaban J connectivity index is 1.86. The van der Waals surface area contributed by atoms with Gasteiger partial charge in [-0.25, -0.2) is 0 Å². The zero-order valence-corrected chi connectivity index (χ0v) is 11.6. The summed E-state index contributed by atoms with van der Waals surface area (Å²) >= 11 is 3.70. The van der Waals surface area contributed by atoms with Gasteiger partial charge in [-0.3, -0.25) is 9.48 Å². The number of aromatic nitrogens is 2. The fraction of sp³-hybridized carbons (Fsp3) is 0.667. The predicted molar refractivity (Wildman–Crippen MR) is 70.2 cm³/mol. The Bertz CT molecular complexity index is 391. The predicted octanol–water partition coefficient (Wildman–Crippen LogP) is 2.10. The summed E-state index contributed by atoms with van der Waals surface area (Å²) in [7, 11) is 1.78. The van der Waals surface area contributed by atoms with E-state index in [9.17, 15) is 4.79 Å². The highest BCUT2D eigenvalue weighted by molar-refractivity contribution is 9.09. The minimum absolute atomic E-state index is 0.0322. The van der Waals surface area contributed by atoms with E-state index in [0.29, 0.717) is 16.4 Å². The zero-order valence-electron chi connectivity index (χ0n) is 10.0. The van der Waals surface area contributed by atoms with Crippen molar-refractivity contribution in [1.82, 2.24) is 15.1 Å². The Morgan fingerprint density at radius 3 is 3.00 bits per heavy atom. The monoisotopic (exact) mass is 299 g/mol. The molecule has 1 aliphatic carbocycles. The molecule has 1 fully saturated rings. The number of alkyl halides is 1. The first kappa shape index (κ1) is 12.6. The largest absolute Gasteiger partial charge is 0.350 e. The van der Waals surface area contributed by atoms with E-state index in [1.807, 2.05) is 0 Å². The Morgan fingerprint density at radius 2 is 2.35 bits per heavy atom. The number of aryl methyl sites for hydroxylation is 1. The third-order valence-corrected chi connectivity index (χ3v) is 4.60. The average Bonchev–Trinajstić information content (AvgIpc) is 2.74. The molecule has 2 atom stereocenters. The van der Waals surface area contributed by atoms with Crippen LogP contribution >= 0.6 is 15.9 Å². The molecule has 1 N–H and O–H groups in total. The minimum Gasteiger partial charge on any atom is -0.350 e. The molecule has 0 aliphatic heterocycles. The number of halogens is 1. The SMILES string of the molecule is Cn1nccc1C(=O)NCC1CCCCC1Br. The van der Waals surface area contributed by atoms with Gasteiger partial charge < -0.3 is 5.32 Å². The summed E-state index contributed by atoms with van der Waals surface area (Å²) in [6.07, 6.45) is 6.62. The molecular weight excluding hydrogens is 282 g/mol. The average molecular weight is 300 g/mol. The van der Waals surface area contributed by atoms with Crippen LogP contribution in [0.5, 0.6) is 0 Å². The summed E-state index contributed by atoms with van der Waals surface area (Å²) in [5, 5.41) is 6.99. The van der Waals surface area contributed by atoms with Crippen molar-refractivity contribution in [3.05, 3.63) is 18.0 Å². The second-order valence-corrected chi connectivity index (χ2v) is 5.79. The molecule has 1 aliphatic rings. The van der Waals surface area contributed by atoms with E-state index in [4.69, 9.17) is 0 Å². The standard InChI is InChI=1S/C12H18BrN3O/c1-16-11(6-7-15-16)12(17)14-8-9-4-2-3-5-10(9)13/h6-7,9-10H,2-5,8H2,1H3,(H,14,17). The molecule has 17 heavy (non-hydrogen) atoms. The van der Waals surface area contributed by atoms with Gasteiger partial charge in [0, 0.05) is 24.6 Å². The Morgan fingerprint density at radius 1 is 1.59 bits per heavy atom. The van der Waals surface area contributed by atoms with Crippen LogP contribution in [-0.4, -0.2) is 27.1 Å². The maximum atomic E-state index is 11.9. The van der Waals surface area contributed by atoms with Crippen molar-refractivity contribution < 1.29 is 4.79 Å². The van der Waals surface area contributed by atoms with E-state index in [1.54, 1.807) is 24.0 Å².